The van der Waals surface area contributed by atoms with Gasteiger partial charge in [-0.25, -0.2) is 13.1 Å². The molecule has 0 saturated carbocycles. The van der Waals surface area contributed by atoms with Crippen molar-refractivity contribution in [2.75, 3.05) is 26.3 Å². The summed E-state index contributed by atoms with van der Waals surface area (Å²) in [4.78, 5) is 0. The Kier molecular flexibility index (Phi) is 5.56. The minimum absolute atomic E-state index is 0.153. The van der Waals surface area contributed by atoms with E-state index in [0.29, 0.717) is 32.7 Å². The molecule has 0 amide bonds. The molecule has 0 aliphatic heterocycles. The molecule has 8 heteroatoms. The van der Waals surface area contributed by atoms with Gasteiger partial charge in [-0.2, -0.15) is 5.10 Å². The lowest BCUT2D eigenvalue weighted by Crippen LogP contribution is -2.27. The summed E-state index contributed by atoms with van der Waals surface area (Å²) in [6.07, 6.45) is 2.05. The van der Waals surface area contributed by atoms with Gasteiger partial charge in [-0.15, -0.1) is 0 Å². The quantitative estimate of drug-likeness (QED) is 0.589. The van der Waals surface area contributed by atoms with Gasteiger partial charge >= 0.3 is 0 Å². The molecule has 7 nitrogen and oxygen atoms in total. The third-order valence-electron chi connectivity index (χ3n) is 2.07. The Morgan fingerprint density at radius 1 is 1.53 bits per heavy atom. The Balaban J connectivity index is 2.34. The summed E-state index contributed by atoms with van der Waals surface area (Å²) in [7, 11) is -1.89. The number of nitrogens with one attached hydrogen (secondary N) is 1. The topological polar surface area (TPSA) is 99.2 Å². The van der Waals surface area contributed by atoms with Crippen molar-refractivity contribution in [1.82, 2.24) is 14.5 Å². The number of ether oxygens (including phenoxy) is 1. The van der Waals surface area contributed by atoms with Crippen molar-refractivity contribution >= 4 is 10.0 Å². The van der Waals surface area contributed by atoms with E-state index in [9.17, 15) is 8.42 Å². The van der Waals surface area contributed by atoms with E-state index in [4.69, 9.17) is 10.5 Å². The summed E-state index contributed by atoms with van der Waals surface area (Å²) < 4.78 is 32.5. The molecule has 0 fully saturated rings. The summed E-state index contributed by atoms with van der Waals surface area (Å²) in [5.74, 6) is 0. The first kappa shape index (κ1) is 14.1. The minimum atomic E-state index is -3.47. The summed E-state index contributed by atoms with van der Waals surface area (Å²) in [5, 5.41) is 3.96. The number of aryl methyl sites for hydroxylation is 1. The second-order valence-electron chi connectivity index (χ2n) is 3.45. The number of hydrogen-bond donors (Lipinski definition) is 2. The molecule has 0 aromatic carbocycles. The molecule has 3 N–H and O–H groups in total. The Morgan fingerprint density at radius 2 is 2.29 bits per heavy atom. The first-order chi connectivity index (χ1) is 8.08. The van der Waals surface area contributed by atoms with Crippen LogP contribution in [-0.4, -0.2) is 44.5 Å². The molecule has 1 aromatic rings. The van der Waals surface area contributed by atoms with Crippen LogP contribution in [0.5, 0.6) is 0 Å². The number of sulfonamides is 1. The van der Waals surface area contributed by atoms with Gasteiger partial charge in [0.15, 0.2) is 5.03 Å². The SMILES string of the molecule is Cn1nccc1S(=O)(=O)NCCCOCCN. The monoisotopic (exact) mass is 262 g/mol. The number of nitrogens with two attached hydrogens (primary N) is 1. The lowest BCUT2D eigenvalue weighted by atomic mass is 10.5. The molecule has 98 valence electrons. The smallest absolute Gasteiger partial charge is 0.257 e. The molecule has 0 saturated heterocycles. The fraction of sp³-hybridized carbons (Fsp3) is 0.667. The van der Waals surface area contributed by atoms with E-state index in [1.807, 2.05) is 0 Å². The molecular formula is C9H18N4O3S. The van der Waals surface area contributed by atoms with Crippen LogP contribution in [0.3, 0.4) is 0 Å². The number of hydrogen-bond acceptors (Lipinski definition) is 5. The van der Waals surface area contributed by atoms with Crippen molar-refractivity contribution in [3.05, 3.63) is 12.3 Å². The third-order valence-corrected chi connectivity index (χ3v) is 3.61. The van der Waals surface area contributed by atoms with Gasteiger partial charge in [0.1, 0.15) is 0 Å². The highest BCUT2D eigenvalue weighted by molar-refractivity contribution is 7.89. The second kappa shape index (κ2) is 6.70. The van der Waals surface area contributed by atoms with Crippen LogP contribution < -0.4 is 10.5 Å². The molecule has 0 aliphatic rings. The Morgan fingerprint density at radius 3 is 2.88 bits per heavy atom. The molecule has 1 aromatic heterocycles. The van der Waals surface area contributed by atoms with Crippen LogP contribution in [-0.2, 0) is 21.8 Å². The molecule has 0 unspecified atom stereocenters. The van der Waals surface area contributed by atoms with E-state index in [0.717, 1.165) is 0 Å². The molecule has 1 rings (SSSR count). The van der Waals surface area contributed by atoms with E-state index < -0.39 is 10.0 Å². The maximum atomic E-state index is 11.8. The van der Waals surface area contributed by atoms with Gasteiger partial charge in [0.25, 0.3) is 10.0 Å². The molecule has 0 spiro atoms. The van der Waals surface area contributed by atoms with Crippen LogP contribution in [0.15, 0.2) is 17.3 Å². The lowest BCUT2D eigenvalue weighted by molar-refractivity contribution is 0.140. The highest BCUT2D eigenvalue weighted by atomic mass is 32.2. The number of rotatable bonds is 8. The Labute approximate surface area is 101 Å². The highest BCUT2D eigenvalue weighted by Crippen LogP contribution is 2.05. The van der Waals surface area contributed by atoms with Gasteiger partial charge in [-0.1, -0.05) is 0 Å². The van der Waals surface area contributed by atoms with Crippen LogP contribution in [0.25, 0.3) is 0 Å². The fourth-order valence-corrected chi connectivity index (χ4v) is 2.46. The Bertz CT molecular complexity index is 429. The third kappa shape index (κ3) is 4.43. The highest BCUT2D eigenvalue weighted by Gasteiger charge is 2.16. The van der Waals surface area contributed by atoms with Crippen LogP contribution in [0.2, 0.25) is 0 Å². The summed E-state index contributed by atoms with van der Waals surface area (Å²) >= 11 is 0. The molecule has 0 radical (unpaired) electrons. The number of aromatic nitrogens is 2. The van der Waals surface area contributed by atoms with Gasteiger partial charge in [0, 0.05) is 26.7 Å². The first-order valence-corrected chi connectivity index (χ1v) is 6.81. The molecular weight excluding hydrogens is 244 g/mol. The zero-order chi connectivity index (χ0) is 12.7. The summed E-state index contributed by atoms with van der Waals surface area (Å²) in [5.41, 5.74) is 5.25. The standard InChI is InChI=1S/C9H18N4O3S/c1-13-9(3-6-11-13)17(14,15)12-5-2-7-16-8-4-10/h3,6,12H,2,4-5,7-8,10H2,1H3. The van der Waals surface area contributed by atoms with Crippen molar-refractivity contribution in [2.24, 2.45) is 12.8 Å². The van der Waals surface area contributed by atoms with Crippen molar-refractivity contribution in [1.29, 1.82) is 0 Å². The van der Waals surface area contributed by atoms with E-state index in [1.54, 1.807) is 7.05 Å². The maximum absolute atomic E-state index is 11.8. The van der Waals surface area contributed by atoms with E-state index in [2.05, 4.69) is 9.82 Å². The number of nitrogens with zero attached hydrogens (tertiary/aromatic N) is 2. The lowest BCUT2D eigenvalue weighted by Gasteiger charge is -2.06. The van der Waals surface area contributed by atoms with Gasteiger partial charge in [0.05, 0.1) is 12.8 Å². The van der Waals surface area contributed by atoms with Crippen molar-refractivity contribution in [3.63, 3.8) is 0 Å². The van der Waals surface area contributed by atoms with Crippen LogP contribution >= 0.6 is 0 Å². The maximum Gasteiger partial charge on any atom is 0.257 e. The van der Waals surface area contributed by atoms with Crippen molar-refractivity contribution in [3.8, 4) is 0 Å². The van der Waals surface area contributed by atoms with E-state index in [-0.39, 0.29) is 5.03 Å². The minimum Gasteiger partial charge on any atom is -0.380 e. The zero-order valence-electron chi connectivity index (χ0n) is 9.80. The predicted molar refractivity (Wildman–Crippen MR) is 62.9 cm³/mol. The van der Waals surface area contributed by atoms with Crippen LogP contribution in [0.4, 0.5) is 0 Å². The summed E-state index contributed by atoms with van der Waals surface area (Å²) in [6.45, 7) is 1.79. The van der Waals surface area contributed by atoms with Crippen molar-refractivity contribution < 1.29 is 13.2 Å². The van der Waals surface area contributed by atoms with E-state index >= 15 is 0 Å². The van der Waals surface area contributed by atoms with E-state index in [1.165, 1.54) is 16.9 Å². The molecule has 1 heterocycles. The first-order valence-electron chi connectivity index (χ1n) is 5.33. The average Bonchev–Trinajstić information content (AvgIpc) is 2.70. The second-order valence-corrected chi connectivity index (χ2v) is 5.16. The van der Waals surface area contributed by atoms with Gasteiger partial charge in [-0.3, -0.25) is 4.68 Å². The van der Waals surface area contributed by atoms with Gasteiger partial charge in [0.2, 0.25) is 0 Å². The van der Waals surface area contributed by atoms with Crippen LogP contribution in [0.1, 0.15) is 6.42 Å². The van der Waals surface area contributed by atoms with Crippen LogP contribution in [0, 0.1) is 0 Å². The fourth-order valence-electron chi connectivity index (χ4n) is 1.27. The molecule has 0 bridgehead atoms. The molecule has 0 aliphatic carbocycles. The van der Waals surface area contributed by atoms with Gasteiger partial charge in [-0.05, 0) is 12.5 Å². The molecule has 0 atom stereocenters. The predicted octanol–water partition coefficient (Wildman–Crippen LogP) is -0.936. The summed E-state index contributed by atoms with van der Waals surface area (Å²) in [6, 6.07) is 1.45. The average molecular weight is 262 g/mol. The zero-order valence-corrected chi connectivity index (χ0v) is 10.6. The van der Waals surface area contributed by atoms with Gasteiger partial charge < -0.3 is 10.5 Å². The van der Waals surface area contributed by atoms with Crippen molar-refractivity contribution in [2.45, 2.75) is 11.4 Å². The normalized spacial score (nSPS) is 11.9. The largest absolute Gasteiger partial charge is 0.380 e. The Hall–Kier alpha value is -0.960. The molecule has 17 heavy (non-hydrogen) atoms.